The second-order valence-electron chi connectivity index (χ2n) is 8.52. The van der Waals surface area contributed by atoms with Gasteiger partial charge in [0.2, 0.25) is 0 Å². The molecule has 0 N–H and O–H groups in total. The maximum atomic E-state index is 12.7. The molecule has 0 aliphatic heterocycles. The minimum absolute atomic E-state index is 0.0799. The highest BCUT2D eigenvalue weighted by Crippen LogP contribution is 2.30. The van der Waals surface area contributed by atoms with Gasteiger partial charge in [0.25, 0.3) is 0 Å². The van der Waals surface area contributed by atoms with Gasteiger partial charge in [-0.15, -0.1) is 0 Å². The van der Waals surface area contributed by atoms with Crippen LogP contribution in [0.1, 0.15) is 64.4 Å². The second-order valence-corrected chi connectivity index (χ2v) is 8.52. The predicted octanol–water partition coefficient (Wildman–Crippen LogP) is 6.43. The van der Waals surface area contributed by atoms with Crippen molar-refractivity contribution in [2.45, 2.75) is 65.2 Å². The number of hydrogen-bond donors (Lipinski definition) is 0. The molecule has 30 heavy (non-hydrogen) atoms. The molecule has 0 aromatic heterocycles. The predicted molar refractivity (Wildman–Crippen MR) is 122 cm³/mol. The average molecular weight is 407 g/mol. The smallest absolute Gasteiger partial charge is 0.147 e. The Balaban J connectivity index is 1.55. The molecule has 1 saturated carbocycles. The summed E-state index contributed by atoms with van der Waals surface area (Å²) in [4.78, 5) is 25.1. The first-order valence-corrected chi connectivity index (χ1v) is 11.5. The van der Waals surface area contributed by atoms with Gasteiger partial charge in [-0.1, -0.05) is 69.5 Å². The summed E-state index contributed by atoms with van der Waals surface area (Å²) in [6.45, 7) is 5.06. The van der Waals surface area contributed by atoms with E-state index >= 15 is 0 Å². The Labute approximate surface area is 180 Å². The Bertz CT molecular complexity index is 820. The number of carbonyl (C=O) groups excluding carboxylic acids is 2. The van der Waals surface area contributed by atoms with Gasteiger partial charge in [-0.05, 0) is 54.0 Å². The van der Waals surface area contributed by atoms with E-state index in [2.05, 4.69) is 38.1 Å². The van der Waals surface area contributed by atoms with E-state index in [1.54, 1.807) is 0 Å². The summed E-state index contributed by atoms with van der Waals surface area (Å²) in [6.07, 6.45) is 7.06. The van der Waals surface area contributed by atoms with E-state index < -0.39 is 5.92 Å². The number of ether oxygens (including phenoxy) is 1. The summed E-state index contributed by atoms with van der Waals surface area (Å²) < 4.78 is 5.72. The number of ketones is 2. The molecule has 0 radical (unpaired) electrons. The van der Waals surface area contributed by atoms with Gasteiger partial charge in [0.05, 0.1) is 12.5 Å². The molecule has 1 aliphatic carbocycles. The third-order valence-corrected chi connectivity index (χ3v) is 6.11. The van der Waals surface area contributed by atoms with Crippen molar-refractivity contribution in [1.82, 2.24) is 0 Å². The van der Waals surface area contributed by atoms with E-state index in [0.717, 1.165) is 67.6 Å². The number of unbranched alkanes of at least 4 members (excludes halogenated alkanes) is 1. The molecular weight excluding hydrogens is 372 g/mol. The minimum Gasteiger partial charge on any atom is -0.494 e. The minimum atomic E-state index is -0.391. The van der Waals surface area contributed by atoms with Gasteiger partial charge in [-0.2, -0.15) is 0 Å². The molecule has 2 aromatic rings. The van der Waals surface area contributed by atoms with Gasteiger partial charge in [-0.3, -0.25) is 9.59 Å². The fourth-order valence-corrected chi connectivity index (χ4v) is 4.30. The molecule has 2 atom stereocenters. The van der Waals surface area contributed by atoms with Crippen LogP contribution in [0.15, 0.2) is 48.5 Å². The van der Waals surface area contributed by atoms with Crippen molar-refractivity contribution in [1.29, 1.82) is 0 Å². The Hall–Kier alpha value is -2.42. The molecule has 160 valence electrons. The van der Waals surface area contributed by atoms with E-state index in [-0.39, 0.29) is 11.6 Å². The maximum Gasteiger partial charge on any atom is 0.147 e. The number of carbonyl (C=O) groups is 2. The molecule has 3 nitrogen and oxygen atoms in total. The number of rotatable bonds is 10. The second kappa shape index (κ2) is 11.1. The molecule has 0 spiro atoms. The summed E-state index contributed by atoms with van der Waals surface area (Å²) in [5, 5.41) is 0. The zero-order chi connectivity index (χ0) is 21.3. The van der Waals surface area contributed by atoms with Gasteiger partial charge in [0, 0.05) is 12.8 Å². The van der Waals surface area contributed by atoms with E-state index in [1.165, 1.54) is 0 Å². The lowest BCUT2D eigenvalue weighted by atomic mass is 9.76. The SMILES string of the molecule is CCCCOc1ccc(-c2ccc(CC(=O)C3CCC(CCC)CC3=O)cc2)cc1. The molecule has 0 saturated heterocycles. The quantitative estimate of drug-likeness (QED) is 0.337. The summed E-state index contributed by atoms with van der Waals surface area (Å²) in [6, 6.07) is 16.2. The normalized spacial score (nSPS) is 18.9. The largest absolute Gasteiger partial charge is 0.494 e. The Morgan fingerprint density at radius 1 is 0.933 bits per heavy atom. The average Bonchev–Trinajstić information content (AvgIpc) is 2.75. The summed E-state index contributed by atoms with van der Waals surface area (Å²) in [7, 11) is 0. The Morgan fingerprint density at radius 3 is 2.20 bits per heavy atom. The van der Waals surface area contributed by atoms with Crippen molar-refractivity contribution in [3.63, 3.8) is 0 Å². The first-order valence-electron chi connectivity index (χ1n) is 11.5. The van der Waals surface area contributed by atoms with Crippen molar-refractivity contribution >= 4 is 11.6 Å². The molecule has 2 aromatic carbocycles. The van der Waals surface area contributed by atoms with Crippen LogP contribution < -0.4 is 4.74 Å². The van der Waals surface area contributed by atoms with E-state index in [9.17, 15) is 9.59 Å². The van der Waals surface area contributed by atoms with Crippen molar-refractivity contribution in [2.75, 3.05) is 6.61 Å². The summed E-state index contributed by atoms with van der Waals surface area (Å²) in [5.41, 5.74) is 3.22. The Morgan fingerprint density at radius 2 is 1.60 bits per heavy atom. The molecular formula is C27H34O3. The molecule has 0 heterocycles. The third-order valence-electron chi connectivity index (χ3n) is 6.11. The van der Waals surface area contributed by atoms with Crippen LogP contribution in [0.5, 0.6) is 5.75 Å². The molecule has 3 heteroatoms. The van der Waals surface area contributed by atoms with Gasteiger partial charge in [0.15, 0.2) is 0 Å². The van der Waals surface area contributed by atoms with Crippen molar-refractivity contribution in [3.05, 3.63) is 54.1 Å². The van der Waals surface area contributed by atoms with E-state index in [4.69, 9.17) is 4.74 Å². The van der Waals surface area contributed by atoms with Crippen molar-refractivity contribution in [3.8, 4) is 16.9 Å². The van der Waals surface area contributed by atoms with Gasteiger partial charge in [-0.25, -0.2) is 0 Å². The highest BCUT2D eigenvalue weighted by atomic mass is 16.5. The fraction of sp³-hybridized carbons (Fsp3) is 0.481. The fourth-order valence-electron chi connectivity index (χ4n) is 4.30. The van der Waals surface area contributed by atoms with Gasteiger partial charge >= 0.3 is 0 Å². The molecule has 0 bridgehead atoms. The van der Waals surface area contributed by atoms with Crippen molar-refractivity contribution < 1.29 is 14.3 Å². The zero-order valence-electron chi connectivity index (χ0n) is 18.4. The lowest BCUT2D eigenvalue weighted by Gasteiger charge is -2.26. The van der Waals surface area contributed by atoms with Crippen LogP contribution in [0.2, 0.25) is 0 Å². The lowest BCUT2D eigenvalue weighted by molar-refractivity contribution is -0.135. The summed E-state index contributed by atoms with van der Waals surface area (Å²) >= 11 is 0. The van der Waals surface area contributed by atoms with Crippen LogP contribution in [0.3, 0.4) is 0 Å². The molecule has 2 unspecified atom stereocenters. The van der Waals surface area contributed by atoms with Gasteiger partial charge < -0.3 is 4.74 Å². The highest BCUT2D eigenvalue weighted by molar-refractivity contribution is 6.03. The monoisotopic (exact) mass is 406 g/mol. The van der Waals surface area contributed by atoms with E-state index in [0.29, 0.717) is 18.8 Å². The van der Waals surface area contributed by atoms with Gasteiger partial charge in [0.1, 0.15) is 17.3 Å². The highest BCUT2D eigenvalue weighted by Gasteiger charge is 2.32. The molecule has 1 fully saturated rings. The summed E-state index contributed by atoms with van der Waals surface area (Å²) in [5.74, 6) is 1.22. The number of Topliss-reactive ketones (excluding diaryl/α,β-unsaturated/α-hetero) is 2. The third kappa shape index (κ3) is 6.04. The molecule has 0 amide bonds. The van der Waals surface area contributed by atoms with Crippen LogP contribution in [-0.2, 0) is 16.0 Å². The van der Waals surface area contributed by atoms with Crippen LogP contribution in [-0.4, -0.2) is 18.2 Å². The maximum absolute atomic E-state index is 12.7. The van der Waals surface area contributed by atoms with Crippen LogP contribution in [0.25, 0.3) is 11.1 Å². The Kier molecular flexibility index (Phi) is 8.24. The van der Waals surface area contributed by atoms with Crippen LogP contribution in [0, 0.1) is 11.8 Å². The van der Waals surface area contributed by atoms with Crippen molar-refractivity contribution in [2.24, 2.45) is 11.8 Å². The standard InChI is InChI=1S/C27H34O3/c1-3-5-17-30-24-14-12-23(13-15-24)22-10-7-21(8-11-22)19-27(29)25-16-9-20(6-4-2)18-26(25)28/h7-8,10-15,20,25H,3-6,9,16-19H2,1-2H3. The zero-order valence-corrected chi connectivity index (χ0v) is 18.4. The number of benzene rings is 2. The first kappa shape index (κ1) is 22.3. The first-order chi connectivity index (χ1) is 14.6. The van der Waals surface area contributed by atoms with Crippen LogP contribution in [0.4, 0.5) is 0 Å². The number of hydrogen-bond acceptors (Lipinski definition) is 3. The van der Waals surface area contributed by atoms with E-state index in [1.807, 2.05) is 24.3 Å². The topological polar surface area (TPSA) is 43.4 Å². The van der Waals surface area contributed by atoms with Crippen LogP contribution >= 0.6 is 0 Å². The molecule has 1 aliphatic rings. The lowest BCUT2D eigenvalue weighted by Crippen LogP contribution is -2.31. The molecule has 3 rings (SSSR count).